The Kier molecular flexibility index (Phi) is 48.6. The molecule has 0 aliphatic heterocycles. The third-order valence-electron chi connectivity index (χ3n) is 13.0. The van der Waals surface area contributed by atoms with E-state index in [0.717, 1.165) is 69.6 Å². The molecule has 63 heavy (non-hydrogen) atoms. The molecule has 0 N–H and O–H groups in total. The summed E-state index contributed by atoms with van der Waals surface area (Å²) >= 11 is 0. The van der Waals surface area contributed by atoms with Crippen molar-refractivity contribution in [2.75, 3.05) is 13.2 Å². The highest BCUT2D eigenvalue weighted by atomic mass is 16.6. The van der Waals surface area contributed by atoms with Crippen molar-refractivity contribution in [2.45, 2.75) is 323 Å². The van der Waals surface area contributed by atoms with Crippen LogP contribution in [0.25, 0.3) is 0 Å². The summed E-state index contributed by atoms with van der Waals surface area (Å²) in [7, 11) is 0. The van der Waals surface area contributed by atoms with Gasteiger partial charge in [0.15, 0.2) is 6.10 Å². The molecule has 0 saturated carbocycles. The van der Waals surface area contributed by atoms with E-state index >= 15 is 0 Å². The Bertz CT molecular complexity index is 962. The molecule has 6 nitrogen and oxygen atoms in total. The lowest BCUT2D eigenvalue weighted by molar-refractivity contribution is -0.167. The maximum atomic E-state index is 12.8. The maximum Gasteiger partial charge on any atom is 0.306 e. The van der Waals surface area contributed by atoms with Gasteiger partial charge in [0.2, 0.25) is 0 Å². The molecule has 0 aromatic carbocycles. The molecule has 374 valence electrons. The summed E-state index contributed by atoms with van der Waals surface area (Å²) in [5.41, 5.74) is 0. The van der Waals surface area contributed by atoms with E-state index < -0.39 is 6.10 Å². The van der Waals surface area contributed by atoms with Crippen LogP contribution in [-0.4, -0.2) is 37.2 Å². The molecule has 0 heterocycles. The van der Waals surface area contributed by atoms with Gasteiger partial charge in [-0.25, -0.2) is 0 Å². The van der Waals surface area contributed by atoms with E-state index in [0.29, 0.717) is 19.3 Å². The van der Waals surface area contributed by atoms with Crippen LogP contribution in [0.2, 0.25) is 0 Å². The minimum atomic E-state index is -0.761. The molecule has 0 unspecified atom stereocenters. The summed E-state index contributed by atoms with van der Waals surface area (Å²) in [5, 5.41) is 0. The zero-order valence-electron chi connectivity index (χ0n) is 43.2. The summed E-state index contributed by atoms with van der Waals surface area (Å²) in [6, 6.07) is 0. The summed E-state index contributed by atoms with van der Waals surface area (Å²) in [4.78, 5) is 38.0. The van der Waals surface area contributed by atoms with Crippen LogP contribution in [0.4, 0.5) is 0 Å². The Morgan fingerprint density at radius 2 is 0.524 bits per heavy atom. The van der Waals surface area contributed by atoms with Crippen LogP contribution in [0.5, 0.6) is 0 Å². The van der Waals surface area contributed by atoms with Crippen LogP contribution in [0, 0.1) is 11.8 Å². The fourth-order valence-corrected chi connectivity index (χ4v) is 8.70. The molecule has 0 rings (SSSR count). The molecule has 0 aliphatic carbocycles. The van der Waals surface area contributed by atoms with E-state index in [2.05, 4.69) is 34.6 Å². The van der Waals surface area contributed by atoms with Crippen LogP contribution in [0.3, 0.4) is 0 Å². The number of hydrogen-bond acceptors (Lipinski definition) is 6. The minimum absolute atomic E-state index is 0.0631. The SMILES string of the molecule is CCCCCCCCCCCC(=O)OC[C@@H](COC(=O)CCCCCCCCCCCCCCC(C)C)OC(=O)CCCCCCCCCCCCCCCCCCCCC(C)C. The fraction of sp³-hybridized carbons (Fsp3) is 0.947. The molecule has 0 radical (unpaired) electrons. The second-order valence-corrected chi connectivity index (χ2v) is 20.5. The van der Waals surface area contributed by atoms with Crippen LogP contribution in [0.15, 0.2) is 0 Å². The molecular weight excluding hydrogens is 781 g/mol. The molecule has 0 bridgehead atoms. The predicted octanol–water partition coefficient (Wildman–Crippen LogP) is 18.5. The van der Waals surface area contributed by atoms with Crippen molar-refractivity contribution in [2.24, 2.45) is 11.8 Å². The number of unbranched alkanes of at least 4 members (excludes halogenated alkanes) is 36. The van der Waals surface area contributed by atoms with E-state index in [1.165, 1.54) is 205 Å². The van der Waals surface area contributed by atoms with Crippen molar-refractivity contribution in [1.29, 1.82) is 0 Å². The lowest BCUT2D eigenvalue weighted by Gasteiger charge is -2.18. The first-order chi connectivity index (χ1) is 30.7. The Morgan fingerprint density at radius 1 is 0.302 bits per heavy atom. The first-order valence-corrected chi connectivity index (χ1v) is 28.2. The summed E-state index contributed by atoms with van der Waals surface area (Å²) < 4.78 is 16.8. The monoisotopic (exact) mass is 891 g/mol. The van der Waals surface area contributed by atoms with Gasteiger partial charge in [-0.3, -0.25) is 14.4 Å². The third kappa shape index (κ3) is 51.3. The highest BCUT2D eigenvalue weighted by Crippen LogP contribution is 2.18. The van der Waals surface area contributed by atoms with E-state index in [-0.39, 0.29) is 31.1 Å². The standard InChI is InChI=1S/C57H110O6/c1-6-7-8-9-10-25-32-37-42-47-55(58)61-50-54(51-62-56(59)48-43-38-33-28-23-20-19-22-27-31-36-41-46-53(4)5)63-57(60)49-44-39-34-29-24-18-16-14-12-11-13-15-17-21-26-30-35-40-45-52(2)3/h52-54H,6-51H2,1-5H3/t54-/m0/s1. The van der Waals surface area contributed by atoms with Crippen molar-refractivity contribution in [1.82, 2.24) is 0 Å². The second-order valence-electron chi connectivity index (χ2n) is 20.5. The van der Waals surface area contributed by atoms with E-state index in [1.807, 2.05) is 0 Å². The highest BCUT2D eigenvalue weighted by Gasteiger charge is 2.19. The normalized spacial score (nSPS) is 12.0. The molecular formula is C57H110O6. The van der Waals surface area contributed by atoms with E-state index in [1.54, 1.807) is 0 Å². The zero-order valence-corrected chi connectivity index (χ0v) is 43.2. The van der Waals surface area contributed by atoms with Gasteiger partial charge in [-0.2, -0.15) is 0 Å². The number of esters is 3. The minimum Gasteiger partial charge on any atom is -0.462 e. The maximum absolute atomic E-state index is 12.8. The lowest BCUT2D eigenvalue weighted by Crippen LogP contribution is -2.30. The first kappa shape index (κ1) is 61.4. The van der Waals surface area contributed by atoms with Crippen LogP contribution in [-0.2, 0) is 28.6 Å². The number of hydrogen-bond donors (Lipinski definition) is 0. The first-order valence-electron chi connectivity index (χ1n) is 28.2. The van der Waals surface area contributed by atoms with Crippen molar-refractivity contribution < 1.29 is 28.6 Å². The van der Waals surface area contributed by atoms with Gasteiger partial charge in [-0.05, 0) is 31.1 Å². The van der Waals surface area contributed by atoms with Gasteiger partial charge in [-0.15, -0.1) is 0 Å². The van der Waals surface area contributed by atoms with E-state index in [9.17, 15) is 14.4 Å². The second kappa shape index (κ2) is 49.8. The molecule has 0 aliphatic rings. The highest BCUT2D eigenvalue weighted by molar-refractivity contribution is 5.71. The number of rotatable bonds is 51. The van der Waals surface area contributed by atoms with Crippen LogP contribution < -0.4 is 0 Å². The molecule has 0 saturated heterocycles. The van der Waals surface area contributed by atoms with Gasteiger partial charge in [0.25, 0.3) is 0 Å². The Labute approximate surface area is 393 Å². The summed E-state index contributed by atoms with van der Waals surface area (Å²) in [6.45, 7) is 11.4. The van der Waals surface area contributed by atoms with Gasteiger partial charge in [-0.1, -0.05) is 279 Å². The summed E-state index contributed by atoms with van der Waals surface area (Å²) in [5.74, 6) is 0.848. The van der Waals surface area contributed by atoms with Gasteiger partial charge in [0, 0.05) is 19.3 Å². The van der Waals surface area contributed by atoms with Crippen molar-refractivity contribution in [3.63, 3.8) is 0 Å². The zero-order chi connectivity index (χ0) is 46.1. The molecule has 0 fully saturated rings. The Balaban J connectivity index is 4.20. The largest absolute Gasteiger partial charge is 0.462 e. The van der Waals surface area contributed by atoms with Crippen LogP contribution in [0.1, 0.15) is 317 Å². The average molecular weight is 892 g/mol. The topological polar surface area (TPSA) is 78.9 Å². The number of carbonyl (C=O) groups excluding carboxylic acids is 3. The van der Waals surface area contributed by atoms with Gasteiger partial charge >= 0.3 is 17.9 Å². The van der Waals surface area contributed by atoms with Crippen molar-refractivity contribution >= 4 is 17.9 Å². The number of carbonyl (C=O) groups is 3. The van der Waals surface area contributed by atoms with Crippen molar-refractivity contribution in [3.8, 4) is 0 Å². The number of ether oxygens (including phenoxy) is 3. The predicted molar refractivity (Wildman–Crippen MR) is 270 cm³/mol. The Hall–Kier alpha value is -1.59. The summed E-state index contributed by atoms with van der Waals surface area (Å²) in [6.07, 6.45) is 52.4. The van der Waals surface area contributed by atoms with E-state index in [4.69, 9.17) is 14.2 Å². The third-order valence-corrected chi connectivity index (χ3v) is 13.0. The van der Waals surface area contributed by atoms with Crippen LogP contribution >= 0.6 is 0 Å². The molecule has 0 aromatic rings. The molecule has 6 heteroatoms. The quantitative estimate of drug-likeness (QED) is 0.0344. The van der Waals surface area contributed by atoms with Crippen molar-refractivity contribution in [3.05, 3.63) is 0 Å². The molecule has 0 spiro atoms. The van der Waals surface area contributed by atoms with Gasteiger partial charge in [0.1, 0.15) is 13.2 Å². The molecule has 0 aromatic heterocycles. The molecule has 1 atom stereocenters. The lowest BCUT2D eigenvalue weighted by atomic mass is 10.0. The van der Waals surface area contributed by atoms with Gasteiger partial charge < -0.3 is 14.2 Å². The smallest absolute Gasteiger partial charge is 0.306 e. The average Bonchev–Trinajstić information content (AvgIpc) is 3.25. The fourth-order valence-electron chi connectivity index (χ4n) is 8.70. The van der Waals surface area contributed by atoms with Gasteiger partial charge in [0.05, 0.1) is 0 Å². The Morgan fingerprint density at radius 3 is 0.778 bits per heavy atom. The molecule has 0 amide bonds.